The summed E-state index contributed by atoms with van der Waals surface area (Å²) in [4.78, 5) is 24.7. The molecule has 2 fully saturated rings. The second-order valence-corrected chi connectivity index (χ2v) is 11.4. The third kappa shape index (κ3) is 6.52. The minimum Gasteiger partial charge on any atom is -0.489 e. The number of benzene rings is 2. The maximum Gasteiger partial charge on any atom is 0.416 e. The number of ether oxygens (including phenoxy) is 1. The smallest absolute Gasteiger partial charge is 0.416 e. The van der Waals surface area contributed by atoms with Crippen molar-refractivity contribution >= 4 is 11.6 Å². The van der Waals surface area contributed by atoms with E-state index in [9.17, 15) is 36.0 Å². The van der Waals surface area contributed by atoms with Crippen LogP contribution >= 0.6 is 0 Å². The van der Waals surface area contributed by atoms with Gasteiger partial charge in [0.05, 0.1) is 22.9 Å². The molecule has 2 unspecified atom stereocenters. The van der Waals surface area contributed by atoms with Crippen LogP contribution in [0.5, 0.6) is 5.75 Å². The van der Waals surface area contributed by atoms with E-state index < -0.39 is 35.3 Å². The Morgan fingerprint density at radius 3 is 2.34 bits per heavy atom. The number of fused-ring (bicyclic) bond motifs is 1. The number of likely N-dealkylation sites (tertiary alicyclic amines) is 1. The number of nitrogens with zero attached hydrogens (tertiary/aromatic N) is 2. The molecule has 1 saturated carbocycles. The van der Waals surface area contributed by atoms with Crippen molar-refractivity contribution in [2.24, 2.45) is 22.9 Å². The number of anilines is 1. The molecule has 1 aliphatic carbocycles. The van der Waals surface area contributed by atoms with E-state index in [2.05, 4.69) is 10.5 Å². The van der Waals surface area contributed by atoms with Gasteiger partial charge < -0.3 is 10.1 Å². The molecule has 0 aromatic heterocycles. The molecule has 0 radical (unpaired) electrons. The quantitative estimate of drug-likeness (QED) is 0.275. The van der Waals surface area contributed by atoms with Gasteiger partial charge in [0.25, 0.3) is 5.91 Å². The largest absolute Gasteiger partial charge is 0.489 e. The lowest BCUT2D eigenvalue weighted by Gasteiger charge is -2.39. The first kappa shape index (κ1) is 29.3. The van der Waals surface area contributed by atoms with E-state index in [4.69, 9.17) is 4.74 Å². The van der Waals surface area contributed by atoms with Gasteiger partial charge in [0.15, 0.2) is 0 Å². The van der Waals surface area contributed by atoms with Crippen molar-refractivity contribution in [2.45, 2.75) is 63.5 Å². The Morgan fingerprint density at radius 2 is 1.73 bits per heavy atom. The topological polar surface area (TPSA) is 71.0 Å². The molecule has 2 aromatic rings. The zero-order valence-corrected chi connectivity index (χ0v) is 22.4. The average Bonchev–Trinajstić information content (AvgIpc) is 3.77. The van der Waals surface area contributed by atoms with Crippen molar-refractivity contribution in [1.82, 2.24) is 4.90 Å². The van der Waals surface area contributed by atoms with Gasteiger partial charge in [-0.2, -0.15) is 26.3 Å². The number of hydrogen-bond donors (Lipinski definition) is 1. The molecule has 0 spiro atoms. The van der Waals surface area contributed by atoms with E-state index >= 15 is 0 Å². The van der Waals surface area contributed by atoms with Gasteiger partial charge >= 0.3 is 12.4 Å². The van der Waals surface area contributed by atoms with Crippen LogP contribution in [-0.2, 0) is 23.7 Å². The molecule has 6 nitrogen and oxygen atoms in total. The van der Waals surface area contributed by atoms with Crippen molar-refractivity contribution in [1.29, 1.82) is 0 Å². The van der Waals surface area contributed by atoms with Crippen LogP contribution in [0.2, 0.25) is 0 Å². The highest BCUT2D eigenvalue weighted by Crippen LogP contribution is 2.48. The van der Waals surface area contributed by atoms with Crippen molar-refractivity contribution < 1.29 is 35.9 Å². The summed E-state index contributed by atoms with van der Waals surface area (Å²) in [6.45, 7) is 2.78. The molecule has 1 amide bonds. The molecular weight excluding hydrogens is 552 g/mol. The number of nitrogens with one attached hydrogen (secondary N) is 1. The first-order valence-corrected chi connectivity index (χ1v) is 13.7. The van der Waals surface area contributed by atoms with Crippen LogP contribution in [0.15, 0.2) is 41.6 Å². The fourth-order valence-corrected chi connectivity index (χ4v) is 6.26. The van der Waals surface area contributed by atoms with Crippen LogP contribution in [0.25, 0.3) is 0 Å². The number of carbonyl (C=O) groups excluding carboxylic acids is 1. The molecule has 2 aromatic carbocycles. The number of alkyl halides is 6. The monoisotopic (exact) mass is 583 g/mol. The highest BCUT2D eigenvalue weighted by Gasteiger charge is 2.40. The van der Waals surface area contributed by atoms with E-state index in [1.54, 1.807) is 11.8 Å². The summed E-state index contributed by atoms with van der Waals surface area (Å²) in [7, 11) is 0. The SMILES string of the molecule is C[C@H](C(=O)N=O)C(c1ccc2c(c1)NC(C1CCN(Cc3cc(C(F)(F)F)ccc3C(F)(F)F)CC1)CO2)C1CC1. The van der Waals surface area contributed by atoms with Gasteiger partial charge in [-0.1, -0.05) is 13.0 Å². The second kappa shape index (κ2) is 11.3. The van der Waals surface area contributed by atoms with Crippen LogP contribution in [0.1, 0.15) is 60.8 Å². The number of halogens is 6. The van der Waals surface area contributed by atoms with Crippen LogP contribution in [0.4, 0.5) is 32.0 Å². The fraction of sp³-hybridized carbons (Fsp3) is 0.552. The Hall–Kier alpha value is -3.15. The summed E-state index contributed by atoms with van der Waals surface area (Å²) in [5.74, 6) is -0.181. The molecular formula is C29H31F6N3O3. The summed E-state index contributed by atoms with van der Waals surface area (Å²) >= 11 is 0. The lowest BCUT2D eigenvalue weighted by molar-refractivity contribution is -0.142. The van der Waals surface area contributed by atoms with E-state index in [-0.39, 0.29) is 30.0 Å². The standard InChI is InChI=1S/C29H31F6N3O3/c1-16(27(39)37-40)26(18-2-3-18)19-4-7-25-23(13-19)36-24(15-41-25)17-8-10-38(11-9-17)14-20-12-21(28(30,31)32)5-6-22(20)29(33,34)35/h4-7,12-13,16-18,24,26,36H,2-3,8-11,14-15H2,1H3/t16-,24?,26?/m0/s1. The third-order valence-electron chi connectivity index (χ3n) is 8.63. The molecule has 2 heterocycles. The van der Waals surface area contributed by atoms with Crippen LogP contribution in [0.3, 0.4) is 0 Å². The number of piperidine rings is 1. The van der Waals surface area contributed by atoms with Gasteiger partial charge in [0, 0.05) is 17.6 Å². The highest BCUT2D eigenvalue weighted by atomic mass is 19.4. The molecule has 2 aliphatic heterocycles. The Bertz CT molecular complexity index is 1290. The normalized spacial score (nSPS) is 21.8. The average molecular weight is 584 g/mol. The summed E-state index contributed by atoms with van der Waals surface area (Å²) in [6.07, 6.45) is -6.25. The Morgan fingerprint density at radius 1 is 1.02 bits per heavy atom. The summed E-state index contributed by atoms with van der Waals surface area (Å²) in [6, 6.07) is 7.26. The van der Waals surface area contributed by atoms with Gasteiger partial charge in [-0.25, -0.2) is 0 Å². The summed E-state index contributed by atoms with van der Waals surface area (Å²) < 4.78 is 86.2. The number of rotatable bonds is 7. The van der Waals surface area contributed by atoms with Gasteiger partial charge in [-0.15, -0.1) is 4.91 Å². The Kier molecular flexibility index (Phi) is 8.06. The molecule has 0 bridgehead atoms. The Balaban J connectivity index is 1.25. The maximum absolute atomic E-state index is 13.5. The first-order chi connectivity index (χ1) is 19.3. The van der Waals surface area contributed by atoms with E-state index in [1.165, 1.54) is 0 Å². The van der Waals surface area contributed by atoms with Gasteiger partial charge in [-0.05, 0) is 98.0 Å². The van der Waals surface area contributed by atoms with Crippen LogP contribution in [0, 0.1) is 22.7 Å². The second-order valence-electron chi connectivity index (χ2n) is 11.4. The first-order valence-electron chi connectivity index (χ1n) is 13.7. The third-order valence-corrected chi connectivity index (χ3v) is 8.63. The predicted octanol–water partition coefficient (Wildman–Crippen LogP) is 7.23. The molecule has 41 heavy (non-hydrogen) atoms. The van der Waals surface area contributed by atoms with E-state index in [0.29, 0.717) is 62.4 Å². The van der Waals surface area contributed by atoms with Crippen molar-refractivity contribution in [3.63, 3.8) is 0 Å². The van der Waals surface area contributed by atoms with Gasteiger partial charge in [0.2, 0.25) is 0 Å². The van der Waals surface area contributed by atoms with Gasteiger partial charge in [0.1, 0.15) is 12.4 Å². The van der Waals surface area contributed by atoms with E-state index in [1.807, 2.05) is 18.2 Å². The lowest BCUT2D eigenvalue weighted by atomic mass is 9.82. The summed E-state index contributed by atoms with van der Waals surface area (Å²) in [5, 5.41) is 6.16. The number of amides is 1. The number of carbonyl (C=O) groups is 1. The van der Waals surface area contributed by atoms with Crippen LogP contribution in [-0.4, -0.2) is 36.5 Å². The Labute approximate surface area is 233 Å². The van der Waals surface area contributed by atoms with Crippen molar-refractivity contribution in [3.8, 4) is 5.75 Å². The molecule has 1 N–H and O–H groups in total. The van der Waals surface area contributed by atoms with Gasteiger partial charge in [-0.3, -0.25) is 9.69 Å². The minimum absolute atomic E-state index is 0.0609. The van der Waals surface area contributed by atoms with Crippen LogP contribution < -0.4 is 10.1 Å². The predicted molar refractivity (Wildman–Crippen MR) is 139 cm³/mol. The zero-order valence-electron chi connectivity index (χ0n) is 22.4. The zero-order chi connectivity index (χ0) is 29.5. The molecule has 5 rings (SSSR count). The lowest BCUT2D eigenvalue weighted by Crippen LogP contribution is -2.44. The molecule has 222 valence electrons. The highest BCUT2D eigenvalue weighted by molar-refractivity contribution is 5.80. The van der Waals surface area contributed by atoms with E-state index in [0.717, 1.165) is 24.1 Å². The molecule has 3 aliphatic rings. The number of nitroso groups, excluding NO2 is 1. The fourth-order valence-electron chi connectivity index (χ4n) is 6.26. The maximum atomic E-state index is 13.5. The molecule has 1 saturated heterocycles. The summed E-state index contributed by atoms with van der Waals surface area (Å²) in [5.41, 5.74) is -0.809. The number of hydrogen-bond acceptors (Lipinski definition) is 5. The minimum atomic E-state index is -4.75. The molecule has 12 heteroatoms. The molecule has 3 atom stereocenters. The van der Waals surface area contributed by atoms with Crippen molar-refractivity contribution in [2.75, 3.05) is 25.0 Å². The van der Waals surface area contributed by atoms with Crippen molar-refractivity contribution in [3.05, 3.63) is 63.6 Å².